The fourth-order valence-electron chi connectivity index (χ4n) is 3.92. The van der Waals surface area contributed by atoms with Crippen molar-refractivity contribution in [2.45, 2.75) is 14.0 Å². The van der Waals surface area contributed by atoms with Gasteiger partial charge in [0.25, 0.3) is 0 Å². The number of benzene rings is 3. The number of nitrogens with one attached hydrogen (secondary N) is 1. The van der Waals surface area contributed by atoms with E-state index in [4.69, 9.17) is 27.9 Å². The van der Waals surface area contributed by atoms with E-state index in [1.54, 1.807) is 36.5 Å². The first kappa shape index (κ1) is 26.2. The van der Waals surface area contributed by atoms with Gasteiger partial charge in [-0.25, -0.2) is 23.5 Å². The third-order valence-electron chi connectivity index (χ3n) is 5.59. The molecule has 5 rings (SSSR count). The highest BCUT2D eigenvalue weighted by atomic mass is 35.5. The summed E-state index contributed by atoms with van der Waals surface area (Å²) in [6.07, 6.45) is 1.59. The van der Waals surface area contributed by atoms with Gasteiger partial charge in [-0.2, -0.15) is 0 Å². The zero-order valence-electron chi connectivity index (χ0n) is 18.7. The molecule has 0 saturated carbocycles. The van der Waals surface area contributed by atoms with E-state index in [9.17, 15) is 13.6 Å². The van der Waals surface area contributed by atoms with Crippen LogP contribution in [0.1, 0.15) is 34.5 Å². The third-order valence-corrected chi connectivity index (χ3v) is 6.14. The van der Waals surface area contributed by atoms with Gasteiger partial charge in [0.2, 0.25) is 5.95 Å². The average Bonchev–Trinajstić information content (AvgIpc) is 3.00. The molecule has 0 atom stereocenters. The molecule has 0 aliphatic carbocycles. The maximum Gasteiger partial charge on any atom is 0.339 e. The second kappa shape index (κ2) is 10.6. The number of hydrogen-bond acceptors (Lipinski definition) is 6. The van der Waals surface area contributed by atoms with Crippen LogP contribution in [0.25, 0.3) is 11.3 Å². The molecule has 188 valence electrons. The third kappa shape index (κ3) is 5.03. The first-order valence-corrected chi connectivity index (χ1v) is 11.4. The fraction of sp³-hybridized carbons (Fsp3) is 0.111. The lowest BCUT2D eigenvalue weighted by molar-refractivity contribution is 0.0601. The van der Waals surface area contributed by atoms with Crippen LogP contribution in [0.2, 0.25) is 10.0 Å². The van der Waals surface area contributed by atoms with Crippen LogP contribution >= 0.6 is 23.2 Å². The molecule has 6 nitrogen and oxygen atoms in total. The number of rotatable bonds is 4. The van der Waals surface area contributed by atoms with Gasteiger partial charge in [-0.05, 0) is 42.5 Å². The van der Waals surface area contributed by atoms with Crippen LogP contribution in [0.15, 0.2) is 65.8 Å². The smallest absolute Gasteiger partial charge is 0.339 e. The molecule has 0 fully saturated rings. The van der Waals surface area contributed by atoms with Crippen molar-refractivity contribution in [3.63, 3.8) is 0 Å². The topological polar surface area (TPSA) is 76.5 Å². The number of ether oxygens (including phenoxy) is 1. The second-order valence-corrected chi connectivity index (χ2v) is 8.67. The Morgan fingerprint density at radius 1 is 1.03 bits per heavy atom. The number of esters is 1. The monoisotopic (exact) mass is 540 g/mol. The Morgan fingerprint density at radius 3 is 2.49 bits per heavy atom. The van der Waals surface area contributed by atoms with Gasteiger partial charge < -0.3 is 10.1 Å². The molecule has 2 heterocycles. The van der Waals surface area contributed by atoms with Crippen LogP contribution < -0.4 is 5.32 Å². The lowest BCUT2D eigenvalue weighted by Gasteiger charge is -2.13. The highest BCUT2D eigenvalue weighted by Gasteiger charge is 2.25. The predicted molar refractivity (Wildman–Crippen MR) is 141 cm³/mol. The van der Waals surface area contributed by atoms with Gasteiger partial charge in [-0.3, -0.25) is 4.99 Å². The SMILES string of the molecule is C.COC(=O)c1ccc(Nc2ncc3c(n2)-c2ccc(Cl)cc2C(c2c(F)cccc2F)=NC3)cc1Cl. The lowest BCUT2D eigenvalue weighted by Crippen LogP contribution is -2.10. The molecule has 0 unspecified atom stereocenters. The highest BCUT2D eigenvalue weighted by Crippen LogP contribution is 2.35. The minimum atomic E-state index is -0.730. The number of aromatic nitrogens is 2. The summed E-state index contributed by atoms with van der Waals surface area (Å²) in [7, 11) is 1.27. The average molecular weight is 541 g/mol. The van der Waals surface area contributed by atoms with Gasteiger partial charge in [0.1, 0.15) is 11.6 Å². The number of carbonyl (C=O) groups is 1. The summed E-state index contributed by atoms with van der Waals surface area (Å²) in [4.78, 5) is 25.3. The van der Waals surface area contributed by atoms with Crippen molar-refractivity contribution in [1.82, 2.24) is 9.97 Å². The van der Waals surface area contributed by atoms with Crippen molar-refractivity contribution >= 4 is 46.5 Å². The molecule has 1 aliphatic rings. The molecule has 10 heteroatoms. The quantitative estimate of drug-likeness (QED) is 0.276. The number of carbonyl (C=O) groups excluding carboxylic acids is 1. The molecule has 1 aliphatic heterocycles. The minimum absolute atomic E-state index is 0. The molecule has 1 N–H and O–H groups in total. The van der Waals surface area contributed by atoms with Gasteiger partial charge in [0.05, 0.1) is 41.2 Å². The zero-order chi connectivity index (χ0) is 25.4. The summed E-state index contributed by atoms with van der Waals surface area (Å²) < 4.78 is 34.1. The van der Waals surface area contributed by atoms with Crippen LogP contribution in [0.4, 0.5) is 20.4 Å². The molecule has 3 aromatic carbocycles. The zero-order valence-corrected chi connectivity index (χ0v) is 20.2. The summed E-state index contributed by atoms with van der Waals surface area (Å²) in [6, 6.07) is 13.4. The fourth-order valence-corrected chi connectivity index (χ4v) is 4.35. The number of aliphatic imine (C=N–C) groups is 1. The van der Waals surface area contributed by atoms with E-state index in [1.807, 2.05) is 0 Å². The van der Waals surface area contributed by atoms with E-state index in [-0.39, 0.29) is 41.8 Å². The number of hydrogen-bond donors (Lipinski definition) is 1. The Bertz CT molecular complexity index is 1540. The van der Waals surface area contributed by atoms with Crippen LogP contribution in [-0.2, 0) is 11.3 Å². The number of nitrogens with zero attached hydrogens (tertiary/aromatic N) is 3. The van der Waals surface area contributed by atoms with E-state index < -0.39 is 17.6 Å². The van der Waals surface area contributed by atoms with Crippen molar-refractivity contribution in [3.05, 3.63) is 105 Å². The minimum Gasteiger partial charge on any atom is -0.465 e. The standard InChI is InChI=1S/C26H16Cl2F2N4O2.CH4/c1-36-25(35)17-8-6-15(10-19(17)28)33-26-32-12-13-11-31-24(22-20(29)3-2-4-21(22)30)18-9-14(27)5-7-16(18)23(13)34-26;/h2-10,12H,11H2,1H3,(H,32,33,34);1H4. The Hall–Kier alpha value is -3.88. The predicted octanol–water partition coefficient (Wildman–Crippen LogP) is 7.25. The van der Waals surface area contributed by atoms with Gasteiger partial charge in [-0.1, -0.05) is 42.8 Å². The summed E-state index contributed by atoms with van der Waals surface area (Å²) >= 11 is 12.5. The Morgan fingerprint density at radius 2 is 1.78 bits per heavy atom. The number of anilines is 2. The van der Waals surface area contributed by atoms with E-state index in [0.29, 0.717) is 33.1 Å². The Kier molecular flexibility index (Phi) is 7.52. The van der Waals surface area contributed by atoms with Crippen LogP contribution in [0.3, 0.4) is 0 Å². The summed E-state index contributed by atoms with van der Waals surface area (Å²) in [5.41, 5.74) is 2.91. The normalized spacial score (nSPS) is 11.9. The largest absolute Gasteiger partial charge is 0.465 e. The van der Waals surface area contributed by atoms with Gasteiger partial charge in [0.15, 0.2) is 0 Å². The molecule has 4 aromatic rings. The first-order chi connectivity index (χ1) is 17.4. The van der Waals surface area contributed by atoms with Gasteiger partial charge in [0, 0.05) is 33.6 Å². The van der Waals surface area contributed by atoms with Crippen molar-refractivity contribution in [2.24, 2.45) is 4.99 Å². The Balaban J connectivity index is 0.00000320. The van der Waals surface area contributed by atoms with E-state index in [1.165, 1.54) is 31.4 Å². The molecule has 0 spiro atoms. The molecule has 0 bridgehead atoms. The second-order valence-electron chi connectivity index (χ2n) is 7.83. The van der Waals surface area contributed by atoms with Crippen molar-refractivity contribution in [1.29, 1.82) is 0 Å². The number of halogens is 4. The number of methoxy groups -OCH3 is 1. The maximum absolute atomic E-state index is 14.7. The molecule has 37 heavy (non-hydrogen) atoms. The van der Waals surface area contributed by atoms with E-state index in [0.717, 1.165) is 0 Å². The van der Waals surface area contributed by atoms with Gasteiger partial charge in [-0.15, -0.1) is 0 Å². The van der Waals surface area contributed by atoms with Crippen LogP contribution in [0, 0.1) is 11.6 Å². The molecular weight excluding hydrogens is 521 g/mol. The lowest BCUT2D eigenvalue weighted by atomic mass is 9.95. The van der Waals surface area contributed by atoms with Crippen molar-refractivity contribution in [2.75, 3.05) is 12.4 Å². The van der Waals surface area contributed by atoms with Crippen LogP contribution in [-0.4, -0.2) is 28.8 Å². The molecule has 0 radical (unpaired) electrons. The summed E-state index contributed by atoms with van der Waals surface area (Å²) in [5, 5.41) is 3.64. The Labute approximate surface area is 222 Å². The van der Waals surface area contributed by atoms with E-state index in [2.05, 4.69) is 20.3 Å². The first-order valence-electron chi connectivity index (χ1n) is 10.7. The summed E-state index contributed by atoms with van der Waals surface area (Å²) in [5.74, 6) is -1.76. The van der Waals surface area contributed by atoms with Crippen molar-refractivity contribution < 1.29 is 18.3 Å². The number of fused-ring (bicyclic) bond motifs is 3. The van der Waals surface area contributed by atoms with Crippen molar-refractivity contribution in [3.8, 4) is 11.3 Å². The van der Waals surface area contributed by atoms with E-state index >= 15 is 0 Å². The highest BCUT2D eigenvalue weighted by molar-refractivity contribution is 6.34. The van der Waals surface area contributed by atoms with Crippen LogP contribution in [0.5, 0.6) is 0 Å². The maximum atomic E-state index is 14.7. The molecule has 1 aromatic heterocycles. The summed E-state index contributed by atoms with van der Waals surface area (Å²) in [6.45, 7) is 0.102. The molecule has 0 saturated heterocycles. The molecular formula is C27H20Cl2F2N4O2. The molecule has 0 amide bonds. The van der Waals surface area contributed by atoms with Gasteiger partial charge >= 0.3 is 5.97 Å².